The summed E-state index contributed by atoms with van der Waals surface area (Å²) in [5, 5.41) is 2.93. The molecule has 0 bridgehead atoms. The minimum atomic E-state index is -3.04. The Kier molecular flexibility index (Phi) is 5.08. The highest BCUT2D eigenvalue weighted by molar-refractivity contribution is 5.95. The van der Waals surface area contributed by atoms with Crippen LogP contribution in [0.3, 0.4) is 0 Å². The molecular weight excluding hydrogens is 424 g/mol. The lowest BCUT2D eigenvalue weighted by Crippen LogP contribution is -2.31. The Morgan fingerprint density at radius 1 is 1.25 bits per heavy atom. The van der Waals surface area contributed by atoms with E-state index in [1.807, 2.05) is 0 Å². The number of aliphatic imine (C=N–C) groups is 1. The fourth-order valence-corrected chi connectivity index (χ4v) is 3.85. The maximum Gasteiger partial charge on any atom is 0.387 e. The molecule has 0 saturated carbocycles. The van der Waals surface area contributed by atoms with Crippen LogP contribution in [0.15, 0.2) is 35.3 Å². The molecule has 11 heteroatoms. The predicted octanol–water partition coefficient (Wildman–Crippen LogP) is 3.48. The van der Waals surface area contributed by atoms with Gasteiger partial charge in [0.15, 0.2) is 35.1 Å². The van der Waals surface area contributed by atoms with E-state index in [1.165, 1.54) is 0 Å². The van der Waals surface area contributed by atoms with E-state index in [0.29, 0.717) is 47.3 Å². The normalized spacial score (nSPS) is 17.4. The number of hydrogen-bond donors (Lipinski definition) is 2. The summed E-state index contributed by atoms with van der Waals surface area (Å²) in [6.07, 6.45) is -0.0589. The number of halogens is 2. The molecule has 5 rings (SSSR count). The number of nitrogens with one attached hydrogen (secondary N) is 1. The first-order valence-electron chi connectivity index (χ1n) is 10.2. The lowest BCUT2D eigenvalue weighted by atomic mass is 10.1. The molecule has 32 heavy (non-hydrogen) atoms. The van der Waals surface area contributed by atoms with Crippen molar-refractivity contribution in [2.75, 3.05) is 25.1 Å². The molecule has 3 N–H and O–H groups in total. The van der Waals surface area contributed by atoms with E-state index >= 15 is 0 Å². The number of nitrogens with zero attached hydrogens (tertiary/aromatic N) is 3. The van der Waals surface area contributed by atoms with E-state index < -0.39 is 12.8 Å². The number of nitrogens with two attached hydrogens (primary N) is 1. The number of benzene rings is 2. The second kappa shape index (κ2) is 8.06. The zero-order valence-electron chi connectivity index (χ0n) is 17.2. The Balaban J connectivity index is 1.70. The van der Waals surface area contributed by atoms with Gasteiger partial charge >= 0.3 is 6.61 Å². The third-order valence-electron chi connectivity index (χ3n) is 5.10. The molecule has 0 unspecified atom stereocenters. The monoisotopic (exact) mass is 445 g/mol. The second-order valence-corrected chi connectivity index (χ2v) is 7.14. The molecule has 0 radical (unpaired) electrons. The van der Waals surface area contributed by atoms with Gasteiger partial charge in [-0.3, -0.25) is 9.88 Å². The van der Waals surface area contributed by atoms with Crippen LogP contribution < -0.4 is 30.0 Å². The molecular formula is C21H21F2N5O4. The molecule has 2 aliphatic heterocycles. The van der Waals surface area contributed by atoms with Crippen molar-refractivity contribution in [2.24, 2.45) is 10.7 Å². The van der Waals surface area contributed by atoms with E-state index in [9.17, 15) is 8.78 Å². The molecule has 0 fully saturated rings. The number of rotatable bonds is 5. The molecule has 9 nitrogen and oxygen atoms in total. The van der Waals surface area contributed by atoms with Crippen molar-refractivity contribution >= 4 is 22.9 Å². The smallest absolute Gasteiger partial charge is 0.387 e. The predicted molar refractivity (Wildman–Crippen MR) is 113 cm³/mol. The molecule has 2 aromatic carbocycles. The standard InChI is InChI=1S/C21H21F2N5O4/c1-2-29-14-6-3-5-11(17(14)32-19(22)23)18-26-20(24)27-21-25-12-9-15-16(10-13(12)28(18)21)31-8-4-7-30-15/h3,5-6,9-10,18-19H,2,4,7-8H2,1H3,(H3,24,25,26,27)/t18-/m0/s1. The molecule has 0 amide bonds. The highest BCUT2D eigenvalue weighted by Gasteiger charge is 2.30. The molecule has 2 aliphatic rings. The first-order chi connectivity index (χ1) is 15.5. The number of imidazole rings is 1. The summed E-state index contributed by atoms with van der Waals surface area (Å²) < 4.78 is 50.3. The Bertz CT molecular complexity index is 1200. The summed E-state index contributed by atoms with van der Waals surface area (Å²) in [5.41, 5.74) is 7.64. The fourth-order valence-electron chi connectivity index (χ4n) is 3.85. The van der Waals surface area contributed by atoms with Crippen molar-refractivity contribution in [1.82, 2.24) is 9.55 Å². The maximum atomic E-state index is 13.3. The van der Waals surface area contributed by atoms with Gasteiger partial charge in [-0.1, -0.05) is 12.1 Å². The third kappa shape index (κ3) is 3.49. The van der Waals surface area contributed by atoms with Gasteiger partial charge < -0.3 is 24.7 Å². The summed E-state index contributed by atoms with van der Waals surface area (Å²) in [6, 6.07) is 8.48. The molecule has 0 spiro atoms. The van der Waals surface area contributed by atoms with Crippen LogP contribution >= 0.6 is 0 Å². The van der Waals surface area contributed by atoms with E-state index in [4.69, 9.17) is 24.7 Å². The number of para-hydroxylation sites is 1. The van der Waals surface area contributed by atoms with Crippen LogP contribution in [0, 0.1) is 0 Å². The van der Waals surface area contributed by atoms with Gasteiger partial charge in [0.1, 0.15) is 0 Å². The molecule has 3 heterocycles. The first-order valence-corrected chi connectivity index (χ1v) is 10.2. The number of fused-ring (bicyclic) bond motifs is 4. The molecule has 3 aromatic rings. The van der Waals surface area contributed by atoms with Gasteiger partial charge in [0.2, 0.25) is 5.95 Å². The van der Waals surface area contributed by atoms with E-state index in [0.717, 1.165) is 6.42 Å². The van der Waals surface area contributed by atoms with Crippen molar-refractivity contribution in [3.63, 3.8) is 0 Å². The number of aromatic nitrogens is 2. The number of guanidine groups is 1. The topological polar surface area (TPSA) is 105 Å². The Morgan fingerprint density at radius 2 is 2.03 bits per heavy atom. The van der Waals surface area contributed by atoms with Gasteiger partial charge in [0.05, 0.1) is 30.9 Å². The SMILES string of the molecule is CCOc1cccc([C@H]2N=C(N)Nc3nc4cc5c(cc4n32)OCCCO5)c1OC(F)F. The summed E-state index contributed by atoms with van der Waals surface area (Å²) >= 11 is 0. The molecule has 1 aromatic heterocycles. The Labute approximate surface area is 181 Å². The number of ether oxygens (including phenoxy) is 4. The van der Waals surface area contributed by atoms with Crippen molar-refractivity contribution in [2.45, 2.75) is 26.1 Å². The van der Waals surface area contributed by atoms with Crippen LogP contribution in [-0.4, -0.2) is 41.9 Å². The van der Waals surface area contributed by atoms with E-state index in [-0.39, 0.29) is 24.1 Å². The van der Waals surface area contributed by atoms with Gasteiger partial charge in [-0.05, 0) is 13.0 Å². The van der Waals surface area contributed by atoms with E-state index in [2.05, 4.69) is 15.3 Å². The van der Waals surface area contributed by atoms with Gasteiger partial charge in [0, 0.05) is 24.1 Å². The van der Waals surface area contributed by atoms with Crippen molar-refractivity contribution < 1.29 is 27.7 Å². The lowest BCUT2D eigenvalue weighted by molar-refractivity contribution is -0.0523. The van der Waals surface area contributed by atoms with Crippen LogP contribution in [0.1, 0.15) is 25.1 Å². The van der Waals surface area contributed by atoms with Gasteiger partial charge in [0.25, 0.3) is 0 Å². The second-order valence-electron chi connectivity index (χ2n) is 7.14. The maximum absolute atomic E-state index is 13.3. The van der Waals surface area contributed by atoms with Crippen molar-refractivity contribution in [3.05, 3.63) is 35.9 Å². The Morgan fingerprint density at radius 3 is 2.78 bits per heavy atom. The first kappa shape index (κ1) is 20.2. The summed E-state index contributed by atoms with van der Waals surface area (Å²) in [7, 11) is 0. The van der Waals surface area contributed by atoms with Crippen molar-refractivity contribution in [1.29, 1.82) is 0 Å². The van der Waals surface area contributed by atoms with E-state index in [1.54, 1.807) is 41.8 Å². The largest absolute Gasteiger partial charge is 0.490 e. The summed E-state index contributed by atoms with van der Waals surface area (Å²) in [5.74, 6) is 1.75. The van der Waals surface area contributed by atoms with Gasteiger partial charge in [-0.15, -0.1) is 0 Å². The molecule has 168 valence electrons. The molecule has 0 aliphatic carbocycles. The highest BCUT2D eigenvalue weighted by Crippen LogP contribution is 2.43. The molecule has 0 saturated heterocycles. The summed E-state index contributed by atoms with van der Waals surface area (Å²) in [4.78, 5) is 9.07. The average molecular weight is 445 g/mol. The van der Waals surface area contributed by atoms with Crippen LogP contribution in [-0.2, 0) is 0 Å². The van der Waals surface area contributed by atoms with Crippen LogP contribution in [0.2, 0.25) is 0 Å². The highest BCUT2D eigenvalue weighted by atomic mass is 19.3. The van der Waals surface area contributed by atoms with Gasteiger partial charge in [-0.25, -0.2) is 9.98 Å². The minimum Gasteiger partial charge on any atom is -0.490 e. The van der Waals surface area contributed by atoms with Crippen LogP contribution in [0.4, 0.5) is 14.7 Å². The van der Waals surface area contributed by atoms with Crippen LogP contribution in [0.25, 0.3) is 11.0 Å². The zero-order chi connectivity index (χ0) is 22.2. The quantitative estimate of drug-likeness (QED) is 0.619. The third-order valence-corrected chi connectivity index (χ3v) is 5.10. The number of anilines is 1. The lowest BCUT2D eigenvalue weighted by Gasteiger charge is -2.26. The minimum absolute atomic E-state index is 0.0941. The Hall–Kier alpha value is -3.76. The zero-order valence-corrected chi connectivity index (χ0v) is 17.2. The fraction of sp³-hybridized carbons (Fsp3) is 0.333. The number of hydrogen-bond acceptors (Lipinski definition) is 8. The molecule has 1 atom stereocenters. The van der Waals surface area contributed by atoms with Crippen LogP contribution in [0.5, 0.6) is 23.0 Å². The average Bonchev–Trinajstić information content (AvgIpc) is 2.94. The number of alkyl halides is 2. The summed E-state index contributed by atoms with van der Waals surface area (Å²) in [6.45, 7) is 0.0631. The van der Waals surface area contributed by atoms with Gasteiger partial charge in [-0.2, -0.15) is 8.78 Å². The van der Waals surface area contributed by atoms with Crippen molar-refractivity contribution in [3.8, 4) is 23.0 Å².